The number of carbonyl (C=O) groups excluding carboxylic acids is 2. The van der Waals surface area contributed by atoms with Crippen LogP contribution in [0.15, 0.2) is 46.4 Å². The van der Waals surface area contributed by atoms with Gasteiger partial charge in [-0.05, 0) is 31.2 Å². The molecule has 27 heavy (non-hydrogen) atoms. The molecule has 1 aliphatic heterocycles. The fourth-order valence-corrected chi connectivity index (χ4v) is 4.11. The number of urea groups is 1. The number of imide groups is 1. The van der Waals surface area contributed by atoms with Crippen LogP contribution in [0.1, 0.15) is 18.2 Å². The molecule has 1 unspecified atom stereocenters. The highest BCUT2D eigenvalue weighted by Gasteiger charge is 2.50. The van der Waals surface area contributed by atoms with Gasteiger partial charge in [0.15, 0.2) is 10.8 Å². The zero-order valence-electron chi connectivity index (χ0n) is 14.0. The first-order valence-corrected chi connectivity index (χ1v) is 9.22. The van der Waals surface area contributed by atoms with Crippen LogP contribution in [0.25, 0.3) is 10.8 Å². The first-order valence-electron chi connectivity index (χ1n) is 7.96. The van der Waals surface area contributed by atoms with E-state index in [1.54, 1.807) is 30.7 Å². The van der Waals surface area contributed by atoms with Gasteiger partial charge in [-0.15, -0.1) is 11.3 Å². The number of carbonyl (C=O) groups is 2. The summed E-state index contributed by atoms with van der Waals surface area (Å²) in [6.45, 7) is 1.55. The third kappa shape index (κ3) is 3.00. The summed E-state index contributed by atoms with van der Waals surface area (Å²) in [5.74, 6) is -0.381. The number of benzene rings is 1. The highest BCUT2D eigenvalue weighted by atomic mass is 35.5. The molecule has 0 bridgehead atoms. The lowest BCUT2D eigenvalue weighted by atomic mass is 9.92. The molecule has 9 heteroatoms. The lowest BCUT2D eigenvalue weighted by molar-refractivity contribution is -0.131. The number of amides is 3. The fourth-order valence-electron chi connectivity index (χ4n) is 2.97. The van der Waals surface area contributed by atoms with Crippen molar-refractivity contribution in [2.24, 2.45) is 0 Å². The Morgan fingerprint density at radius 1 is 1.37 bits per heavy atom. The fraction of sp³-hybridized carbons (Fsp3) is 0.167. The van der Waals surface area contributed by atoms with Crippen molar-refractivity contribution in [3.8, 4) is 10.8 Å². The second-order valence-corrected chi connectivity index (χ2v) is 7.46. The molecule has 3 aromatic rings. The summed E-state index contributed by atoms with van der Waals surface area (Å²) in [5.41, 5.74) is -0.479. The van der Waals surface area contributed by atoms with E-state index in [9.17, 15) is 14.0 Å². The third-order valence-electron chi connectivity index (χ3n) is 4.35. The van der Waals surface area contributed by atoms with Gasteiger partial charge in [-0.1, -0.05) is 17.7 Å². The number of hydrogen-bond donors (Lipinski definition) is 1. The number of nitrogens with one attached hydrogen (secondary N) is 1. The number of nitrogens with zero attached hydrogens (tertiary/aromatic N) is 2. The molecule has 0 radical (unpaired) electrons. The van der Waals surface area contributed by atoms with E-state index < -0.39 is 23.3 Å². The number of aromatic nitrogens is 1. The predicted molar refractivity (Wildman–Crippen MR) is 97.7 cm³/mol. The largest absolute Gasteiger partial charge is 0.462 e. The van der Waals surface area contributed by atoms with Crippen molar-refractivity contribution >= 4 is 34.9 Å². The maximum absolute atomic E-state index is 13.3. The molecule has 0 spiro atoms. The highest BCUT2D eigenvalue weighted by Crippen LogP contribution is 2.35. The van der Waals surface area contributed by atoms with Gasteiger partial charge in [0, 0.05) is 16.0 Å². The van der Waals surface area contributed by atoms with Crippen molar-refractivity contribution in [3.05, 3.63) is 64.1 Å². The molecule has 1 aliphatic rings. The Morgan fingerprint density at radius 2 is 2.19 bits per heavy atom. The highest BCUT2D eigenvalue weighted by molar-refractivity contribution is 7.13. The van der Waals surface area contributed by atoms with Crippen LogP contribution in [0.5, 0.6) is 0 Å². The third-order valence-corrected chi connectivity index (χ3v) is 5.57. The number of rotatable bonds is 4. The Hall–Kier alpha value is -2.71. The van der Waals surface area contributed by atoms with Crippen molar-refractivity contribution in [2.45, 2.75) is 19.0 Å². The summed E-state index contributed by atoms with van der Waals surface area (Å²) in [6.07, 6.45) is 1.55. The minimum atomic E-state index is -1.37. The normalized spacial score (nSPS) is 19.6. The van der Waals surface area contributed by atoms with E-state index in [-0.39, 0.29) is 11.6 Å². The van der Waals surface area contributed by atoms with E-state index in [1.807, 2.05) is 0 Å². The quantitative estimate of drug-likeness (QED) is 0.661. The summed E-state index contributed by atoms with van der Waals surface area (Å²) in [6, 6.07) is 6.69. The molecule has 1 aromatic carbocycles. The monoisotopic (exact) mass is 405 g/mol. The molecular weight excluding hydrogens is 393 g/mol. The summed E-state index contributed by atoms with van der Waals surface area (Å²) in [5, 5.41) is 5.14. The molecular formula is C18H13ClFN3O3S. The van der Waals surface area contributed by atoms with Gasteiger partial charge < -0.3 is 9.73 Å². The van der Waals surface area contributed by atoms with Gasteiger partial charge in [0.25, 0.3) is 5.91 Å². The molecule has 138 valence electrons. The van der Waals surface area contributed by atoms with Gasteiger partial charge in [-0.3, -0.25) is 9.69 Å². The van der Waals surface area contributed by atoms with Crippen LogP contribution < -0.4 is 5.32 Å². The molecule has 3 amide bonds. The van der Waals surface area contributed by atoms with Crippen LogP contribution in [0.2, 0.25) is 5.02 Å². The molecule has 4 rings (SSSR count). The van der Waals surface area contributed by atoms with Crippen molar-refractivity contribution in [3.63, 3.8) is 0 Å². The van der Waals surface area contributed by atoms with Gasteiger partial charge in [0.2, 0.25) is 0 Å². The number of halogens is 2. The average Bonchev–Trinajstić information content (AvgIpc) is 3.33. The number of furan rings is 1. The maximum Gasteiger partial charge on any atom is 0.325 e. The van der Waals surface area contributed by atoms with E-state index in [1.165, 1.54) is 23.5 Å². The lowest BCUT2D eigenvalue weighted by Gasteiger charge is -2.23. The molecule has 1 atom stereocenters. The standard InChI is InChI=1S/C18H13ClFN3O3S/c1-18(12-5-4-10(20)7-13(12)19)16(24)23(17(25)22-18)8-11-9-27-15(21-11)14-3-2-6-26-14/h2-7,9H,8H2,1H3,(H,22,25). The molecule has 0 aliphatic carbocycles. The van der Waals surface area contributed by atoms with E-state index in [0.29, 0.717) is 22.0 Å². The summed E-state index contributed by atoms with van der Waals surface area (Å²) >= 11 is 7.45. The van der Waals surface area contributed by atoms with Gasteiger partial charge in [0.1, 0.15) is 11.4 Å². The van der Waals surface area contributed by atoms with Crippen LogP contribution in [0.4, 0.5) is 9.18 Å². The Balaban J connectivity index is 1.60. The maximum atomic E-state index is 13.3. The van der Waals surface area contributed by atoms with Crippen molar-refractivity contribution < 1.29 is 18.4 Å². The molecule has 2 aromatic heterocycles. The molecule has 3 heterocycles. The van der Waals surface area contributed by atoms with Crippen molar-refractivity contribution in [2.75, 3.05) is 0 Å². The molecule has 1 saturated heterocycles. The molecule has 6 nitrogen and oxygen atoms in total. The number of thiazole rings is 1. The molecule has 1 fully saturated rings. The van der Waals surface area contributed by atoms with E-state index in [0.717, 1.165) is 11.0 Å². The average molecular weight is 406 g/mol. The Labute approximate surface area is 162 Å². The van der Waals surface area contributed by atoms with Crippen molar-refractivity contribution in [1.29, 1.82) is 0 Å². The van der Waals surface area contributed by atoms with Crippen LogP contribution >= 0.6 is 22.9 Å². The van der Waals surface area contributed by atoms with Crippen LogP contribution in [-0.2, 0) is 16.9 Å². The van der Waals surface area contributed by atoms with E-state index >= 15 is 0 Å². The van der Waals surface area contributed by atoms with Gasteiger partial charge >= 0.3 is 6.03 Å². The first-order chi connectivity index (χ1) is 12.9. The van der Waals surface area contributed by atoms with Crippen LogP contribution in [0.3, 0.4) is 0 Å². The smallest absolute Gasteiger partial charge is 0.325 e. The van der Waals surface area contributed by atoms with Gasteiger partial charge in [-0.25, -0.2) is 14.2 Å². The number of hydrogen-bond acceptors (Lipinski definition) is 5. The molecule has 0 saturated carbocycles. The zero-order chi connectivity index (χ0) is 19.2. The van der Waals surface area contributed by atoms with Gasteiger partial charge in [-0.2, -0.15) is 0 Å². The Bertz CT molecular complexity index is 1040. The predicted octanol–water partition coefficient (Wildman–Crippen LogP) is 4.16. The summed E-state index contributed by atoms with van der Waals surface area (Å²) in [4.78, 5) is 30.9. The lowest BCUT2D eigenvalue weighted by Crippen LogP contribution is -2.41. The Morgan fingerprint density at radius 3 is 2.89 bits per heavy atom. The zero-order valence-corrected chi connectivity index (χ0v) is 15.6. The van der Waals surface area contributed by atoms with E-state index in [4.69, 9.17) is 16.0 Å². The first kappa shape index (κ1) is 17.7. The summed E-state index contributed by atoms with van der Waals surface area (Å²) < 4.78 is 18.6. The SMILES string of the molecule is CC1(c2ccc(F)cc2Cl)NC(=O)N(Cc2csc(-c3ccco3)n2)C1=O. The Kier molecular flexibility index (Phi) is 4.24. The van der Waals surface area contributed by atoms with Gasteiger partial charge in [0.05, 0.1) is 18.5 Å². The van der Waals surface area contributed by atoms with Crippen LogP contribution in [-0.4, -0.2) is 21.8 Å². The minimum absolute atomic E-state index is 0.0102. The molecule has 1 N–H and O–H groups in total. The van der Waals surface area contributed by atoms with E-state index in [2.05, 4.69) is 10.3 Å². The second-order valence-electron chi connectivity index (χ2n) is 6.19. The van der Waals surface area contributed by atoms with Crippen LogP contribution in [0, 0.1) is 5.82 Å². The van der Waals surface area contributed by atoms with Crippen molar-refractivity contribution in [1.82, 2.24) is 15.2 Å². The second kappa shape index (κ2) is 6.47. The summed E-state index contributed by atoms with van der Waals surface area (Å²) in [7, 11) is 0. The topological polar surface area (TPSA) is 75.4 Å². The minimum Gasteiger partial charge on any atom is -0.462 e.